The fourth-order valence-corrected chi connectivity index (χ4v) is 2.54. The highest BCUT2D eigenvalue weighted by molar-refractivity contribution is 5.94. The third-order valence-electron chi connectivity index (χ3n) is 3.53. The van der Waals surface area contributed by atoms with Crippen molar-refractivity contribution in [3.63, 3.8) is 0 Å². The number of carboxylic acid groups (broad SMARTS) is 1. The van der Waals surface area contributed by atoms with E-state index in [4.69, 9.17) is 4.52 Å². The van der Waals surface area contributed by atoms with Gasteiger partial charge in [0.15, 0.2) is 5.69 Å². The highest BCUT2D eigenvalue weighted by Crippen LogP contribution is 2.26. The Morgan fingerprint density at radius 3 is 2.63 bits per heavy atom. The average molecular weight is 266 g/mol. The number of aliphatic carboxylic acids is 1. The normalized spacial score (nSPS) is 17.9. The van der Waals surface area contributed by atoms with Crippen LogP contribution in [0.1, 0.15) is 48.4 Å². The Hall–Kier alpha value is -1.85. The Bertz CT molecular complexity index is 463. The van der Waals surface area contributed by atoms with Crippen molar-refractivity contribution in [2.45, 2.75) is 45.1 Å². The van der Waals surface area contributed by atoms with Gasteiger partial charge in [-0.25, -0.2) is 4.79 Å². The number of nitrogens with one attached hydrogen (secondary N) is 1. The zero-order chi connectivity index (χ0) is 13.8. The lowest BCUT2D eigenvalue weighted by Crippen LogP contribution is -2.46. The van der Waals surface area contributed by atoms with Crippen LogP contribution in [0, 0.1) is 12.8 Å². The van der Waals surface area contributed by atoms with Crippen molar-refractivity contribution in [1.29, 1.82) is 0 Å². The molecule has 0 bridgehead atoms. The van der Waals surface area contributed by atoms with Crippen molar-refractivity contribution < 1.29 is 19.2 Å². The van der Waals surface area contributed by atoms with E-state index < -0.39 is 17.9 Å². The Morgan fingerprint density at radius 2 is 2.11 bits per heavy atom. The van der Waals surface area contributed by atoms with Crippen molar-refractivity contribution in [1.82, 2.24) is 10.5 Å². The molecule has 6 nitrogen and oxygen atoms in total. The summed E-state index contributed by atoms with van der Waals surface area (Å²) in [5.41, 5.74) is 0.125. The van der Waals surface area contributed by atoms with E-state index >= 15 is 0 Å². The minimum atomic E-state index is -0.986. The predicted molar refractivity (Wildman–Crippen MR) is 66.7 cm³/mol. The Kier molecular flexibility index (Phi) is 4.19. The molecular formula is C13H18N2O4. The molecule has 1 aromatic rings. The van der Waals surface area contributed by atoms with Gasteiger partial charge in [-0.3, -0.25) is 4.79 Å². The molecule has 0 aliphatic heterocycles. The summed E-state index contributed by atoms with van der Waals surface area (Å²) >= 11 is 0. The summed E-state index contributed by atoms with van der Waals surface area (Å²) in [5, 5.41) is 15.4. The van der Waals surface area contributed by atoms with Gasteiger partial charge in [-0.15, -0.1) is 0 Å². The van der Waals surface area contributed by atoms with Crippen LogP contribution in [0.25, 0.3) is 0 Å². The van der Waals surface area contributed by atoms with Crippen LogP contribution in [0.15, 0.2) is 10.6 Å². The Labute approximate surface area is 111 Å². The monoisotopic (exact) mass is 266 g/mol. The topological polar surface area (TPSA) is 92.4 Å². The smallest absolute Gasteiger partial charge is 0.326 e. The molecule has 1 aliphatic rings. The van der Waals surface area contributed by atoms with Crippen molar-refractivity contribution in [2.75, 3.05) is 0 Å². The summed E-state index contributed by atoms with van der Waals surface area (Å²) in [5.74, 6) is -0.951. The van der Waals surface area contributed by atoms with Gasteiger partial charge in [-0.1, -0.05) is 24.4 Å². The second-order valence-electron chi connectivity index (χ2n) is 5.01. The summed E-state index contributed by atoms with van der Waals surface area (Å²) < 4.78 is 4.81. The molecule has 1 aromatic heterocycles. The zero-order valence-electron chi connectivity index (χ0n) is 10.9. The highest BCUT2D eigenvalue weighted by Gasteiger charge is 2.31. The van der Waals surface area contributed by atoms with Crippen LogP contribution in [0.4, 0.5) is 0 Å². The second kappa shape index (κ2) is 5.86. The van der Waals surface area contributed by atoms with E-state index in [1.54, 1.807) is 6.92 Å². The molecule has 2 N–H and O–H groups in total. The number of aryl methyl sites for hydroxylation is 1. The molecule has 1 heterocycles. The molecule has 1 amide bonds. The first-order chi connectivity index (χ1) is 9.08. The molecule has 2 rings (SSSR count). The van der Waals surface area contributed by atoms with Crippen LogP contribution in [-0.4, -0.2) is 28.2 Å². The molecule has 1 saturated carbocycles. The van der Waals surface area contributed by atoms with Crippen LogP contribution in [0.2, 0.25) is 0 Å². The predicted octanol–water partition coefficient (Wildman–Crippen LogP) is 1.75. The highest BCUT2D eigenvalue weighted by atomic mass is 16.5. The van der Waals surface area contributed by atoms with Gasteiger partial charge in [-0.05, 0) is 25.7 Å². The molecule has 0 radical (unpaired) electrons. The average Bonchev–Trinajstić information content (AvgIpc) is 2.83. The molecule has 19 heavy (non-hydrogen) atoms. The van der Waals surface area contributed by atoms with Crippen LogP contribution in [0.5, 0.6) is 0 Å². The molecule has 1 unspecified atom stereocenters. The van der Waals surface area contributed by atoms with Crippen molar-refractivity contribution in [3.8, 4) is 0 Å². The van der Waals surface area contributed by atoms with Crippen LogP contribution < -0.4 is 5.32 Å². The number of amides is 1. The minimum Gasteiger partial charge on any atom is -0.480 e. The molecule has 1 fully saturated rings. The second-order valence-corrected chi connectivity index (χ2v) is 5.01. The van der Waals surface area contributed by atoms with E-state index in [2.05, 4.69) is 10.5 Å². The van der Waals surface area contributed by atoms with Gasteiger partial charge >= 0.3 is 5.97 Å². The largest absolute Gasteiger partial charge is 0.480 e. The molecule has 6 heteroatoms. The molecule has 104 valence electrons. The number of carbonyl (C=O) groups is 2. The maximum atomic E-state index is 11.9. The summed E-state index contributed by atoms with van der Waals surface area (Å²) in [6, 6.07) is 0.652. The minimum absolute atomic E-state index is 0.00296. The van der Waals surface area contributed by atoms with Gasteiger partial charge in [0.2, 0.25) is 0 Å². The fourth-order valence-electron chi connectivity index (χ4n) is 2.54. The van der Waals surface area contributed by atoms with Gasteiger partial charge in [0.25, 0.3) is 5.91 Å². The Morgan fingerprint density at radius 1 is 1.42 bits per heavy atom. The molecule has 1 aliphatic carbocycles. The number of nitrogens with zero attached hydrogens (tertiary/aromatic N) is 1. The third kappa shape index (κ3) is 3.33. The fraction of sp³-hybridized carbons (Fsp3) is 0.615. The summed E-state index contributed by atoms with van der Waals surface area (Å²) in [6.45, 7) is 1.68. The summed E-state index contributed by atoms with van der Waals surface area (Å²) in [6.07, 6.45) is 4.87. The quantitative estimate of drug-likeness (QED) is 0.866. The lowest BCUT2D eigenvalue weighted by atomic mass is 9.84. The molecular weight excluding hydrogens is 248 g/mol. The van der Waals surface area contributed by atoms with Gasteiger partial charge in [0.1, 0.15) is 11.8 Å². The van der Waals surface area contributed by atoms with E-state index in [0.29, 0.717) is 5.76 Å². The van der Waals surface area contributed by atoms with Crippen molar-refractivity contribution in [2.24, 2.45) is 5.92 Å². The number of aromatic nitrogens is 1. The first-order valence-corrected chi connectivity index (χ1v) is 6.55. The van der Waals surface area contributed by atoms with Crippen molar-refractivity contribution >= 4 is 11.9 Å². The van der Waals surface area contributed by atoms with Crippen LogP contribution in [-0.2, 0) is 4.79 Å². The first kappa shape index (κ1) is 13.6. The number of hydrogen-bond acceptors (Lipinski definition) is 4. The zero-order valence-corrected chi connectivity index (χ0v) is 10.9. The van der Waals surface area contributed by atoms with E-state index in [1.807, 2.05) is 0 Å². The van der Waals surface area contributed by atoms with Gasteiger partial charge < -0.3 is 14.9 Å². The maximum Gasteiger partial charge on any atom is 0.326 e. The molecule has 1 atom stereocenters. The molecule has 0 saturated heterocycles. The third-order valence-corrected chi connectivity index (χ3v) is 3.53. The number of hydrogen-bond donors (Lipinski definition) is 2. The van der Waals surface area contributed by atoms with Crippen LogP contribution >= 0.6 is 0 Å². The maximum absolute atomic E-state index is 11.9. The first-order valence-electron chi connectivity index (χ1n) is 6.55. The Balaban J connectivity index is 2.04. The van der Waals surface area contributed by atoms with Gasteiger partial charge in [-0.2, -0.15) is 0 Å². The SMILES string of the molecule is Cc1cc(C(=O)NC(C(=O)O)C2CCCCC2)no1. The summed E-state index contributed by atoms with van der Waals surface area (Å²) in [7, 11) is 0. The van der Waals surface area contributed by atoms with Gasteiger partial charge in [0, 0.05) is 6.07 Å². The standard InChI is InChI=1S/C13H18N2O4/c1-8-7-10(15-19-8)12(16)14-11(13(17)18)9-5-3-2-4-6-9/h7,9,11H,2-6H2,1H3,(H,14,16)(H,17,18). The lowest BCUT2D eigenvalue weighted by Gasteiger charge is -2.27. The summed E-state index contributed by atoms with van der Waals surface area (Å²) in [4.78, 5) is 23.2. The lowest BCUT2D eigenvalue weighted by molar-refractivity contribution is -0.141. The van der Waals surface area contributed by atoms with E-state index in [-0.39, 0.29) is 11.6 Å². The van der Waals surface area contributed by atoms with Crippen molar-refractivity contribution in [3.05, 3.63) is 17.5 Å². The number of carboxylic acids is 1. The molecule has 0 aromatic carbocycles. The van der Waals surface area contributed by atoms with E-state index in [0.717, 1.165) is 32.1 Å². The number of carbonyl (C=O) groups excluding carboxylic acids is 1. The van der Waals surface area contributed by atoms with Crippen LogP contribution in [0.3, 0.4) is 0 Å². The molecule has 0 spiro atoms. The van der Waals surface area contributed by atoms with E-state index in [1.165, 1.54) is 6.07 Å². The van der Waals surface area contributed by atoms with E-state index in [9.17, 15) is 14.7 Å². The van der Waals surface area contributed by atoms with Gasteiger partial charge in [0.05, 0.1) is 0 Å². The number of rotatable bonds is 4.